The number of benzene rings is 1. The largest absolute Gasteiger partial charge is 0.369 e. The highest BCUT2D eigenvalue weighted by molar-refractivity contribution is 5.48. The van der Waals surface area contributed by atoms with Gasteiger partial charge in [-0.05, 0) is 83.4 Å². The van der Waals surface area contributed by atoms with Crippen molar-refractivity contribution in [1.82, 2.24) is 15.1 Å². The van der Waals surface area contributed by atoms with E-state index in [0.717, 1.165) is 31.6 Å². The van der Waals surface area contributed by atoms with Crippen molar-refractivity contribution < 1.29 is 0 Å². The third-order valence-electron chi connectivity index (χ3n) is 7.06. The maximum Gasteiger partial charge on any atom is 0.0396 e. The monoisotopic (exact) mass is 387 g/mol. The van der Waals surface area contributed by atoms with Gasteiger partial charge in [-0.15, -0.1) is 0 Å². The molecule has 1 heterocycles. The Morgan fingerprint density at radius 1 is 1.11 bits per heavy atom. The molecule has 1 unspecified atom stereocenters. The molecule has 1 aliphatic heterocycles. The molecule has 3 rings (SSSR count). The van der Waals surface area contributed by atoms with Crippen LogP contribution >= 0.6 is 0 Å². The SMILES string of the molecule is CNCCC1CCC(N(C)CC2CN(c3ccc(CN)cc3)CCN2C)CC1. The van der Waals surface area contributed by atoms with Crippen LogP contribution in [0.1, 0.15) is 37.7 Å². The zero-order chi connectivity index (χ0) is 19.9. The summed E-state index contributed by atoms with van der Waals surface area (Å²) in [5, 5.41) is 3.31. The number of nitrogens with two attached hydrogens (primary N) is 1. The Balaban J connectivity index is 1.50. The van der Waals surface area contributed by atoms with E-state index in [9.17, 15) is 0 Å². The molecule has 3 N–H and O–H groups in total. The van der Waals surface area contributed by atoms with Crippen LogP contribution in [0.5, 0.6) is 0 Å². The van der Waals surface area contributed by atoms with Crippen molar-refractivity contribution in [1.29, 1.82) is 0 Å². The third-order valence-corrected chi connectivity index (χ3v) is 7.06. The van der Waals surface area contributed by atoms with Gasteiger partial charge in [0.1, 0.15) is 0 Å². The lowest BCUT2D eigenvalue weighted by Gasteiger charge is -2.44. The Morgan fingerprint density at radius 2 is 1.82 bits per heavy atom. The van der Waals surface area contributed by atoms with Gasteiger partial charge >= 0.3 is 0 Å². The van der Waals surface area contributed by atoms with Crippen LogP contribution in [0.15, 0.2) is 24.3 Å². The number of nitrogens with zero attached hydrogens (tertiary/aromatic N) is 3. The van der Waals surface area contributed by atoms with Gasteiger partial charge in [0, 0.05) is 50.5 Å². The van der Waals surface area contributed by atoms with E-state index in [0.29, 0.717) is 12.6 Å². The molecule has 158 valence electrons. The van der Waals surface area contributed by atoms with Gasteiger partial charge in [-0.2, -0.15) is 0 Å². The van der Waals surface area contributed by atoms with Crippen molar-refractivity contribution in [3.63, 3.8) is 0 Å². The first kappa shape index (κ1) is 21.6. The quantitative estimate of drug-likeness (QED) is 0.717. The zero-order valence-electron chi connectivity index (χ0n) is 18.2. The van der Waals surface area contributed by atoms with Crippen LogP contribution in [-0.4, -0.2) is 75.8 Å². The van der Waals surface area contributed by atoms with Crippen LogP contribution in [0.4, 0.5) is 5.69 Å². The summed E-state index contributed by atoms with van der Waals surface area (Å²) in [6, 6.07) is 10.2. The van der Waals surface area contributed by atoms with E-state index in [2.05, 4.69) is 65.4 Å². The second-order valence-corrected chi connectivity index (χ2v) is 8.96. The van der Waals surface area contributed by atoms with Gasteiger partial charge in [-0.3, -0.25) is 4.90 Å². The van der Waals surface area contributed by atoms with Gasteiger partial charge in [0.2, 0.25) is 0 Å². The minimum atomic E-state index is 0.593. The van der Waals surface area contributed by atoms with Gasteiger partial charge in [-0.1, -0.05) is 12.1 Å². The fourth-order valence-electron chi connectivity index (χ4n) is 4.92. The summed E-state index contributed by atoms with van der Waals surface area (Å²) in [4.78, 5) is 7.75. The second-order valence-electron chi connectivity index (χ2n) is 8.96. The van der Waals surface area contributed by atoms with E-state index < -0.39 is 0 Å². The molecular formula is C23H41N5. The topological polar surface area (TPSA) is 47.8 Å². The van der Waals surface area contributed by atoms with Crippen molar-refractivity contribution in [2.24, 2.45) is 11.7 Å². The smallest absolute Gasteiger partial charge is 0.0396 e. The average molecular weight is 388 g/mol. The molecule has 1 aromatic rings. The van der Waals surface area contributed by atoms with E-state index in [1.165, 1.54) is 56.4 Å². The van der Waals surface area contributed by atoms with E-state index in [-0.39, 0.29) is 0 Å². The van der Waals surface area contributed by atoms with Crippen molar-refractivity contribution in [3.05, 3.63) is 29.8 Å². The Hall–Kier alpha value is -1.14. The summed E-state index contributed by atoms with van der Waals surface area (Å²) in [5.74, 6) is 0.932. The van der Waals surface area contributed by atoms with Gasteiger partial charge in [0.25, 0.3) is 0 Å². The van der Waals surface area contributed by atoms with Crippen molar-refractivity contribution in [3.8, 4) is 0 Å². The number of hydrogen-bond donors (Lipinski definition) is 2. The van der Waals surface area contributed by atoms with Gasteiger partial charge < -0.3 is 20.9 Å². The Bertz CT molecular complexity index is 567. The highest BCUT2D eigenvalue weighted by Gasteiger charge is 2.29. The van der Waals surface area contributed by atoms with Crippen LogP contribution < -0.4 is 16.0 Å². The normalized spacial score (nSPS) is 26.8. The highest BCUT2D eigenvalue weighted by atomic mass is 15.3. The van der Waals surface area contributed by atoms with Crippen molar-refractivity contribution in [2.75, 3.05) is 58.8 Å². The molecule has 2 fully saturated rings. The molecule has 1 aromatic carbocycles. The molecule has 0 bridgehead atoms. The molecule has 5 heteroatoms. The molecule has 1 saturated carbocycles. The van der Waals surface area contributed by atoms with Crippen molar-refractivity contribution in [2.45, 2.75) is 50.7 Å². The first-order chi connectivity index (χ1) is 13.6. The zero-order valence-corrected chi connectivity index (χ0v) is 18.2. The van der Waals surface area contributed by atoms with Crippen LogP contribution in [0.2, 0.25) is 0 Å². The first-order valence-corrected chi connectivity index (χ1v) is 11.2. The third kappa shape index (κ3) is 5.69. The predicted octanol–water partition coefficient (Wildman–Crippen LogP) is 2.37. The van der Waals surface area contributed by atoms with E-state index in [1.807, 2.05) is 0 Å². The minimum Gasteiger partial charge on any atom is -0.369 e. The van der Waals surface area contributed by atoms with E-state index in [4.69, 9.17) is 5.73 Å². The highest BCUT2D eigenvalue weighted by Crippen LogP contribution is 2.29. The molecular weight excluding hydrogens is 346 g/mol. The summed E-state index contributed by atoms with van der Waals surface area (Å²) < 4.78 is 0. The fourth-order valence-corrected chi connectivity index (χ4v) is 4.92. The molecule has 0 aromatic heterocycles. The lowest BCUT2D eigenvalue weighted by atomic mass is 9.83. The maximum absolute atomic E-state index is 5.75. The van der Waals surface area contributed by atoms with Crippen LogP contribution in [0.3, 0.4) is 0 Å². The maximum atomic E-state index is 5.75. The average Bonchev–Trinajstić information content (AvgIpc) is 2.74. The molecule has 0 spiro atoms. The molecule has 5 nitrogen and oxygen atoms in total. The number of piperazine rings is 1. The number of hydrogen-bond acceptors (Lipinski definition) is 5. The first-order valence-electron chi connectivity index (χ1n) is 11.2. The number of rotatable bonds is 8. The van der Waals surface area contributed by atoms with E-state index in [1.54, 1.807) is 0 Å². The number of nitrogens with one attached hydrogen (secondary N) is 1. The fraction of sp³-hybridized carbons (Fsp3) is 0.739. The molecule has 1 saturated heterocycles. The van der Waals surface area contributed by atoms with Crippen LogP contribution in [-0.2, 0) is 6.54 Å². The second kappa shape index (κ2) is 10.6. The Labute approximate surface area is 172 Å². The molecule has 28 heavy (non-hydrogen) atoms. The number of likely N-dealkylation sites (N-methyl/N-ethyl adjacent to an activating group) is 2. The number of anilines is 1. The van der Waals surface area contributed by atoms with Crippen LogP contribution in [0, 0.1) is 5.92 Å². The molecule has 2 aliphatic rings. The van der Waals surface area contributed by atoms with Crippen molar-refractivity contribution >= 4 is 5.69 Å². The van der Waals surface area contributed by atoms with Gasteiger partial charge in [0.15, 0.2) is 0 Å². The summed E-state index contributed by atoms with van der Waals surface area (Å²) in [5.41, 5.74) is 8.29. The van der Waals surface area contributed by atoms with Crippen LogP contribution in [0.25, 0.3) is 0 Å². The Morgan fingerprint density at radius 3 is 2.46 bits per heavy atom. The molecule has 1 aliphatic carbocycles. The van der Waals surface area contributed by atoms with Gasteiger partial charge in [0.05, 0.1) is 0 Å². The Kier molecular flexibility index (Phi) is 8.15. The van der Waals surface area contributed by atoms with Gasteiger partial charge in [-0.25, -0.2) is 0 Å². The molecule has 0 amide bonds. The lowest BCUT2D eigenvalue weighted by molar-refractivity contribution is 0.110. The standard InChI is InChI=1S/C23H41N5/c1-25-13-12-19-4-8-21(9-5-19)27(3)17-23-18-28(15-14-26(23)2)22-10-6-20(16-24)7-11-22/h6-7,10-11,19,21,23,25H,4-5,8-9,12-18,24H2,1-3H3. The predicted molar refractivity (Wildman–Crippen MR) is 120 cm³/mol. The lowest BCUT2D eigenvalue weighted by Crippen LogP contribution is -2.56. The molecule has 1 atom stereocenters. The molecule has 0 radical (unpaired) electrons. The summed E-state index contributed by atoms with van der Waals surface area (Å²) in [6.07, 6.45) is 6.88. The summed E-state index contributed by atoms with van der Waals surface area (Å²) in [7, 11) is 6.71. The van der Waals surface area contributed by atoms with E-state index >= 15 is 0 Å². The summed E-state index contributed by atoms with van der Waals surface area (Å²) in [6.45, 7) is 6.30. The summed E-state index contributed by atoms with van der Waals surface area (Å²) >= 11 is 0. The minimum absolute atomic E-state index is 0.593.